The summed E-state index contributed by atoms with van der Waals surface area (Å²) in [5.41, 5.74) is 2.46. The molecule has 0 radical (unpaired) electrons. The van der Waals surface area contributed by atoms with Gasteiger partial charge in [-0.15, -0.1) is 0 Å². The molecule has 3 aromatic rings. The summed E-state index contributed by atoms with van der Waals surface area (Å²) in [6, 6.07) is 14.3. The number of furan rings is 1. The van der Waals surface area contributed by atoms with Crippen LogP contribution in [-0.4, -0.2) is 24.1 Å². The van der Waals surface area contributed by atoms with Crippen molar-refractivity contribution in [2.75, 3.05) is 23.3 Å². The lowest BCUT2D eigenvalue weighted by Crippen LogP contribution is -2.32. The van der Waals surface area contributed by atoms with Crippen LogP contribution in [0.25, 0.3) is 17.4 Å². The van der Waals surface area contributed by atoms with Gasteiger partial charge >= 0.3 is 0 Å². The Morgan fingerprint density at radius 2 is 1.73 bits per heavy atom. The maximum Gasteiger partial charge on any atom is 0.250 e. The molecule has 0 saturated carbocycles. The molecule has 1 fully saturated rings. The highest BCUT2D eigenvalue weighted by Crippen LogP contribution is 2.31. The van der Waals surface area contributed by atoms with E-state index in [4.69, 9.17) is 51.4 Å². The Balaban J connectivity index is 1.33. The van der Waals surface area contributed by atoms with Crippen molar-refractivity contribution < 1.29 is 9.21 Å². The number of hydrogen-bond donors (Lipinski definition) is 2. The highest BCUT2D eigenvalue weighted by Gasteiger charge is 2.15. The van der Waals surface area contributed by atoms with Crippen molar-refractivity contribution in [3.8, 4) is 11.3 Å². The molecule has 9 heteroatoms. The fraction of sp³-hybridized carbons (Fsp3) is 0.167. The molecule has 2 aromatic carbocycles. The average molecular weight is 521 g/mol. The zero-order valence-electron chi connectivity index (χ0n) is 17.4. The Bertz CT molecular complexity index is 1200. The van der Waals surface area contributed by atoms with Gasteiger partial charge in [0.15, 0.2) is 5.11 Å². The van der Waals surface area contributed by atoms with Crippen LogP contribution in [-0.2, 0) is 4.79 Å². The van der Waals surface area contributed by atoms with E-state index in [2.05, 4.69) is 15.5 Å². The maximum atomic E-state index is 12.2. The van der Waals surface area contributed by atoms with Crippen molar-refractivity contribution in [2.24, 2.45) is 0 Å². The highest BCUT2D eigenvalue weighted by molar-refractivity contribution is 7.80. The van der Waals surface area contributed by atoms with Crippen LogP contribution in [0, 0.1) is 0 Å². The van der Waals surface area contributed by atoms with Crippen molar-refractivity contribution in [3.63, 3.8) is 0 Å². The zero-order chi connectivity index (χ0) is 23.4. The van der Waals surface area contributed by atoms with Crippen molar-refractivity contribution >= 4 is 75.5 Å². The lowest BCUT2D eigenvalue weighted by Gasteiger charge is -2.20. The molecule has 1 saturated heterocycles. The molecular weight excluding hydrogens is 501 g/mol. The summed E-state index contributed by atoms with van der Waals surface area (Å²) in [5, 5.41) is 7.42. The van der Waals surface area contributed by atoms with E-state index in [9.17, 15) is 4.79 Å². The third-order valence-corrected chi connectivity index (χ3v) is 6.01. The van der Waals surface area contributed by atoms with Gasteiger partial charge in [-0.2, -0.15) is 0 Å². The van der Waals surface area contributed by atoms with Gasteiger partial charge in [0, 0.05) is 40.5 Å². The Labute approximate surface area is 212 Å². The number of rotatable bonds is 5. The first-order valence-corrected chi connectivity index (χ1v) is 11.8. The molecular formula is C24H20Cl3N3O2S. The van der Waals surface area contributed by atoms with Crippen molar-refractivity contribution in [1.82, 2.24) is 5.32 Å². The van der Waals surface area contributed by atoms with Gasteiger partial charge in [0.05, 0.1) is 10.7 Å². The second-order valence-electron chi connectivity index (χ2n) is 7.50. The molecule has 0 aliphatic carbocycles. The van der Waals surface area contributed by atoms with Gasteiger partial charge in [-0.25, -0.2) is 0 Å². The van der Waals surface area contributed by atoms with E-state index in [-0.39, 0.29) is 5.11 Å². The smallest absolute Gasteiger partial charge is 0.250 e. The monoisotopic (exact) mass is 519 g/mol. The van der Waals surface area contributed by atoms with Crippen LogP contribution in [0.2, 0.25) is 15.1 Å². The first kappa shape index (κ1) is 23.6. The van der Waals surface area contributed by atoms with E-state index in [1.165, 1.54) is 18.9 Å². The number of amides is 1. The first-order valence-electron chi connectivity index (χ1n) is 10.3. The number of nitrogens with zero attached hydrogens (tertiary/aromatic N) is 1. The van der Waals surface area contributed by atoms with Gasteiger partial charge < -0.3 is 14.6 Å². The lowest BCUT2D eigenvalue weighted by atomic mass is 10.2. The van der Waals surface area contributed by atoms with Crippen LogP contribution < -0.4 is 15.5 Å². The second kappa shape index (κ2) is 10.6. The SMILES string of the molecule is O=C(/C=C/c1ccc(-c2cc(Cl)cc(Cl)c2)o1)NC(=S)Nc1ccc(N2CCCC2)c(Cl)c1. The summed E-state index contributed by atoms with van der Waals surface area (Å²) in [4.78, 5) is 14.5. The zero-order valence-corrected chi connectivity index (χ0v) is 20.5. The number of anilines is 2. The number of carbonyl (C=O) groups is 1. The van der Waals surface area contributed by atoms with Gasteiger partial charge in [0.25, 0.3) is 0 Å². The lowest BCUT2D eigenvalue weighted by molar-refractivity contribution is -0.115. The van der Waals surface area contributed by atoms with Gasteiger partial charge in [-0.05, 0) is 79.7 Å². The van der Waals surface area contributed by atoms with Crippen LogP contribution in [0.1, 0.15) is 18.6 Å². The molecule has 170 valence electrons. The molecule has 2 N–H and O–H groups in total. The van der Waals surface area contributed by atoms with Crippen LogP contribution in [0.15, 0.2) is 59.0 Å². The number of hydrogen-bond acceptors (Lipinski definition) is 4. The van der Waals surface area contributed by atoms with Crippen molar-refractivity contribution in [2.45, 2.75) is 12.8 Å². The van der Waals surface area contributed by atoms with E-state index in [1.54, 1.807) is 42.5 Å². The fourth-order valence-electron chi connectivity index (χ4n) is 3.57. The molecule has 2 heterocycles. The number of carbonyl (C=O) groups excluding carboxylic acids is 1. The summed E-state index contributed by atoms with van der Waals surface area (Å²) in [6.07, 6.45) is 5.24. The molecule has 1 aliphatic heterocycles. The molecule has 0 bridgehead atoms. The van der Waals surface area contributed by atoms with Crippen molar-refractivity contribution in [3.05, 3.63) is 75.4 Å². The number of nitrogens with one attached hydrogen (secondary N) is 2. The first-order chi connectivity index (χ1) is 15.9. The molecule has 1 aromatic heterocycles. The van der Waals surface area contributed by atoms with Crippen LogP contribution >= 0.6 is 47.0 Å². The van der Waals surface area contributed by atoms with E-state index < -0.39 is 5.91 Å². The van der Waals surface area contributed by atoms with Gasteiger partial charge in [0.1, 0.15) is 11.5 Å². The van der Waals surface area contributed by atoms with Crippen LogP contribution in [0.5, 0.6) is 0 Å². The second-order valence-corrected chi connectivity index (χ2v) is 9.19. The van der Waals surface area contributed by atoms with Crippen molar-refractivity contribution in [1.29, 1.82) is 0 Å². The minimum atomic E-state index is -0.393. The third kappa shape index (κ3) is 6.30. The predicted octanol–water partition coefficient (Wildman–Crippen LogP) is 7.03. The largest absolute Gasteiger partial charge is 0.457 e. The predicted molar refractivity (Wildman–Crippen MR) is 140 cm³/mol. The summed E-state index contributed by atoms with van der Waals surface area (Å²) >= 11 is 23.8. The minimum Gasteiger partial charge on any atom is -0.457 e. The number of halogens is 3. The third-order valence-electron chi connectivity index (χ3n) is 5.06. The molecule has 33 heavy (non-hydrogen) atoms. The number of benzene rings is 2. The summed E-state index contributed by atoms with van der Waals surface area (Å²) in [5.74, 6) is 0.696. The van der Waals surface area contributed by atoms with E-state index in [0.717, 1.165) is 24.3 Å². The van der Waals surface area contributed by atoms with Gasteiger partial charge in [-0.3, -0.25) is 10.1 Å². The fourth-order valence-corrected chi connectivity index (χ4v) is 4.61. The van der Waals surface area contributed by atoms with Crippen LogP contribution in [0.3, 0.4) is 0 Å². The summed E-state index contributed by atoms with van der Waals surface area (Å²) < 4.78 is 5.75. The summed E-state index contributed by atoms with van der Waals surface area (Å²) in [7, 11) is 0. The standard InChI is InChI=1S/C24H20Cl3N3O2S/c25-16-11-15(12-17(26)13-16)22-7-4-19(32-22)5-8-23(31)29-24(33)28-18-3-6-21(20(27)14-18)30-9-1-2-10-30/h3-8,11-14H,1-2,9-10H2,(H2,28,29,31,33)/b8-5+. The Kier molecular flexibility index (Phi) is 7.60. The minimum absolute atomic E-state index is 0.170. The normalized spacial score (nSPS) is 13.5. The van der Waals surface area contributed by atoms with E-state index in [0.29, 0.717) is 32.3 Å². The van der Waals surface area contributed by atoms with Crippen LogP contribution in [0.4, 0.5) is 11.4 Å². The Morgan fingerprint density at radius 1 is 1.00 bits per heavy atom. The molecule has 0 atom stereocenters. The average Bonchev–Trinajstić information content (AvgIpc) is 3.44. The Hall–Kier alpha value is -2.51. The van der Waals surface area contributed by atoms with Gasteiger partial charge in [-0.1, -0.05) is 34.8 Å². The molecule has 0 unspecified atom stereocenters. The topological polar surface area (TPSA) is 57.5 Å². The quantitative estimate of drug-likeness (QED) is 0.279. The number of thiocarbonyl (C=S) groups is 1. The molecule has 1 aliphatic rings. The molecule has 5 nitrogen and oxygen atoms in total. The van der Waals surface area contributed by atoms with E-state index >= 15 is 0 Å². The molecule has 4 rings (SSSR count). The molecule has 1 amide bonds. The summed E-state index contributed by atoms with van der Waals surface area (Å²) in [6.45, 7) is 2.02. The highest BCUT2D eigenvalue weighted by atomic mass is 35.5. The van der Waals surface area contributed by atoms with E-state index in [1.807, 2.05) is 12.1 Å². The maximum absolute atomic E-state index is 12.2. The van der Waals surface area contributed by atoms with Gasteiger partial charge in [0.2, 0.25) is 5.91 Å². The molecule has 0 spiro atoms. The Morgan fingerprint density at radius 3 is 2.42 bits per heavy atom.